The fraction of sp³-hybridized carbons (Fsp3) is 0.700. The third kappa shape index (κ3) is 8.44. The molecule has 0 fully saturated rings. The largest absolute Gasteiger partial charge is 0.481 e. The Labute approximate surface area is 106 Å². The molecular formula is C10H19N3O3S. The van der Waals surface area contributed by atoms with Crippen LogP contribution in [-0.4, -0.2) is 22.1 Å². The quantitative estimate of drug-likeness (QED) is 0.393. The van der Waals surface area contributed by atoms with E-state index in [9.17, 15) is 9.59 Å². The van der Waals surface area contributed by atoms with Crippen molar-refractivity contribution in [2.45, 2.75) is 39.0 Å². The molecule has 1 unspecified atom stereocenters. The molecule has 0 aliphatic heterocycles. The minimum atomic E-state index is -0.853. The lowest BCUT2D eigenvalue weighted by molar-refractivity contribution is -0.142. The molecule has 1 amide bonds. The topological polar surface area (TPSA) is 104 Å². The zero-order chi connectivity index (χ0) is 13.3. The highest BCUT2D eigenvalue weighted by Crippen LogP contribution is 2.14. The molecule has 0 saturated heterocycles. The van der Waals surface area contributed by atoms with Crippen LogP contribution in [0.25, 0.3) is 0 Å². The molecule has 0 bridgehead atoms. The van der Waals surface area contributed by atoms with E-state index in [1.165, 1.54) is 0 Å². The molecule has 6 nitrogen and oxygen atoms in total. The molecular weight excluding hydrogens is 242 g/mol. The smallest absolute Gasteiger partial charge is 0.306 e. The first-order chi connectivity index (χ1) is 7.97. The number of hydrogen-bond acceptors (Lipinski definition) is 3. The first-order valence-electron chi connectivity index (χ1n) is 5.54. The summed E-state index contributed by atoms with van der Waals surface area (Å²) in [4.78, 5) is 22.2. The summed E-state index contributed by atoms with van der Waals surface area (Å²) in [7, 11) is 0. The van der Waals surface area contributed by atoms with Crippen LogP contribution in [0, 0.1) is 5.92 Å². The number of aliphatic carboxylic acids is 1. The van der Waals surface area contributed by atoms with E-state index in [1.54, 1.807) is 0 Å². The van der Waals surface area contributed by atoms with Crippen molar-refractivity contribution in [3.8, 4) is 0 Å². The number of carboxylic acid groups (broad SMARTS) is 1. The number of carbonyl (C=O) groups is 2. The summed E-state index contributed by atoms with van der Waals surface area (Å²) in [6, 6.07) is 0. The average Bonchev–Trinajstić information content (AvgIpc) is 2.25. The van der Waals surface area contributed by atoms with E-state index >= 15 is 0 Å². The van der Waals surface area contributed by atoms with Crippen molar-refractivity contribution >= 4 is 29.2 Å². The average molecular weight is 261 g/mol. The third-order valence-electron chi connectivity index (χ3n) is 2.30. The highest BCUT2D eigenvalue weighted by Gasteiger charge is 2.17. The zero-order valence-corrected chi connectivity index (χ0v) is 10.7. The molecule has 17 heavy (non-hydrogen) atoms. The van der Waals surface area contributed by atoms with E-state index in [4.69, 9.17) is 10.8 Å². The number of thiocarbonyl (C=S) groups is 1. The van der Waals surface area contributed by atoms with Crippen molar-refractivity contribution in [2.75, 3.05) is 0 Å². The molecule has 0 saturated carbocycles. The number of nitrogens with one attached hydrogen (secondary N) is 2. The molecule has 5 N–H and O–H groups in total. The fourth-order valence-electron chi connectivity index (χ4n) is 1.34. The maximum Gasteiger partial charge on any atom is 0.306 e. The van der Waals surface area contributed by atoms with Crippen LogP contribution in [0.5, 0.6) is 0 Å². The van der Waals surface area contributed by atoms with Gasteiger partial charge in [0.1, 0.15) is 0 Å². The second kappa shape index (κ2) is 8.74. The van der Waals surface area contributed by atoms with Gasteiger partial charge < -0.3 is 10.8 Å². The Morgan fingerprint density at radius 3 is 2.47 bits per heavy atom. The summed E-state index contributed by atoms with van der Waals surface area (Å²) in [6.07, 6.45) is 2.85. The van der Waals surface area contributed by atoms with Crippen molar-refractivity contribution < 1.29 is 14.7 Å². The van der Waals surface area contributed by atoms with Crippen LogP contribution < -0.4 is 16.6 Å². The van der Waals surface area contributed by atoms with Gasteiger partial charge in [0, 0.05) is 6.42 Å². The fourth-order valence-corrected chi connectivity index (χ4v) is 1.39. The standard InChI is InChI=1S/C10H19N3O3S/c1-2-3-4-7(9(15)16)5-6-8(14)12-13-10(11)17/h7H,2-6H2,1H3,(H,12,14)(H,15,16)(H3,11,13,17). The van der Waals surface area contributed by atoms with Gasteiger partial charge in [0.25, 0.3) is 0 Å². The number of unbranched alkanes of at least 4 members (excludes halogenated alkanes) is 1. The summed E-state index contributed by atoms with van der Waals surface area (Å²) < 4.78 is 0. The molecule has 0 heterocycles. The van der Waals surface area contributed by atoms with Gasteiger partial charge >= 0.3 is 5.97 Å². The lowest BCUT2D eigenvalue weighted by atomic mass is 9.97. The lowest BCUT2D eigenvalue weighted by Crippen LogP contribution is -2.44. The molecule has 98 valence electrons. The lowest BCUT2D eigenvalue weighted by Gasteiger charge is -2.11. The predicted molar refractivity (Wildman–Crippen MR) is 67.9 cm³/mol. The number of carboxylic acids is 1. The van der Waals surface area contributed by atoms with Crippen LogP contribution in [-0.2, 0) is 9.59 Å². The van der Waals surface area contributed by atoms with Gasteiger partial charge in [0.05, 0.1) is 5.92 Å². The molecule has 0 aromatic carbocycles. The van der Waals surface area contributed by atoms with E-state index in [-0.39, 0.29) is 17.4 Å². The molecule has 0 radical (unpaired) electrons. The SMILES string of the molecule is CCCCC(CCC(=O)NNC(N)=S)C(=O)O. The van der Waals surface area contributed by atoms with Gasteiger partial charge in [-0.25, -0.2) is 0 Å². The van der Waals surface area contributed by atoms with Gasteiger partial charge in [-0.2, -0.15) is 0 Å². The maximum absolute atomic E-state index is 11.3. The predicted octanol–water partition coefficient (Wildman–Crippen LogP) is 0.522. The van der Waals surface area contributed by atoms with Gasteiger partial charge in [0.2, 0.25) is 5.91 Å². The Kier molecular flexibility index (Phi) is 8.04. The molecule has 0 aromatic heterocycles. The number of rotatable bonds is 7. The van der Waals surface area contributed by atoms with Crippen molar-refractivity contribution in [2.24, 2.45) is 11.7 Å². The highest BCUT2D eigenvalue weighted by molar-refractivity contribution is 7.80. The Hall–Kier alpha value is -1.37. The summed E-state index contributed by atoms with van der Waals surface area (Å²) in [6.45, 7) is 2.00. The Morgan fingerprint density at radius 1 is 1.35 bits per heavy atom. The molecule has 0 aliphatic rings. The summed E-state index contributed by atoms with van der Waals surface area (Å²) in [5, 5.41) is 8.91. The van der Waals surface area contributed by atoms with Gasteiger partial charge in [-0.05, 0) is 25.1 Å². The van der Waals surface area contributed by atoms with E-state index < -0.39 is 11.9 Å². The number of amides is 1. The summed E-state index contributed by atoms with van der Waals surface area (Å²) in [5.41, 5.74) is 9.71. The van der Waals surface area contributed by atoms with Gasteiger partial charge in [-0.1, -0.05) is 19.8 Å². The molecule has 0 rings (SSSR count). The number of hydrogen-bond donors (Lipinski definition) is 4. The van der Waals surface area contributed by atoms with Crippen LogP contribution in [0.1, 0.15) is 39.0 Å². The van der Waals surface area contributed by atoms with Crippen LogP contribution in [0.15, 0.2) is 0 Å². The normalized spacial score (nSPS) is 11.6. The Balaban J connectivity index is 3.90. The summed E-state index contributed by atoms with van der Waals surface area (Å²) in [5.74, 6) is -1.64. The second-order valence-corrected chi connectivity index (χ2v) is 4.19. The number of carbonyl (C=O) groups excluding carboxylic acids is 1. The monoisotopic (exact) mass is 261 g/mol. The third-order valence-corrected chi connectivity index (χ3v) is 2.40. The van der Waals surface area contributed by atoms with E-state index in [0.717, 1.165) is 12.8 Å². The van der Waals surface area contributed by atoms with Crippen LogP contribution in [0.3, 0.4) is 0 Å². The number of hydrazine groups is 1. The maximum atomic E-state index is 11.3. The number of nitrogens with two attached hydrogens (primary N) is 1. The Bertz CT molecular complexity index is 284. The van der Waals surface area contributed by atoms with E-state index in [0.29, 0.717) is 12.8 Å². The van der Waals surface area contributed by atoms with Crippen molar-refractivity contribution in [3.05, 3.63) is 0 Å². The van der Waals surface area contributed by atoms with E-state index in [2.05, 4.69) is 23.1 Å². The van der Waals surface area contributed by atoms with Crippen LogP contribution >= 0.6 is 12.2 Å². The molecule has 7 heteroatoms. The van der Waals surface area contributed by atoms with Gasteiger partial charge in [-0.3, -0.25) is 20.4 Å². The molecule has 1 atom stereocenters. The minimum absolute atomic E-state index is 0.0286. The van der Waals surface area contributed by atoms with Gasteiger partial charge in [0.15, 0.2) is 5.11 Å². The molecule has 0 aromatic rings. The first-order valence-corrected chi connectivity index (χ1v) is 5.95. The van der Waals surface area contributed by atoms with Crippen molar-refractivity contribution in [3.63, 3.8) is 0 Å². The Morgan fingerprint density at radius 2 is 2.00 bits per heavy atom. The molecule has 0 aliphatic carbocycles. The van der Waals surface area contributed by atoms with Crippen LogP contribution in [0.4, 0.5) is 0 Å². The molecule has 0 spiro atoms. The minimum Gasteiger partial charge on any atom is -0.481 e. The van der Waals surface area contributed by atoms with E-state index in [1.807, 2.05) is 6.92 Å². The van der Waals surface area contributed by atoms with Crippen LogP contribution in [0.2, 0.25) is 0 Å². The first kappa shape index (κ1) is 15.6. The summed E-state index contributed by atoms with van der Waals surface area (Å²) >= 11 is 4.51. The highest BCUT2D eigenvalue weighted by atomic mass is 32.1. The second-order valence-electron chi connectivity index (χ2n) is 3.75. The van der Waals surface area contributed by atoms with Gasteiger partial charge in [-0.15, -0.1) is 0 Å². The van der Waals surface area contributed by atoms with Crippen molar-refractivity contribution in [1.29, 1.82) is 0 Å². The van der Waals surface area contributed by atoms with Crippen molar-refractivity contribution in [1.82, 2.24) is 10.9 Å². The zero-order valence-electron chi connectivity index (χ0n) is 9.86.